The van der Waals surface area contributed by atoms with Gasteiger partial charge in [0.2, 0.25) is 0 Å². The quantitative estimate of drug-likeness (QED) is 0.584. The van der Waals surface area contributed by atoms with Gasteiger partial charge in [0.25, 0.3) is 0 Å². The summed E-state index contributed by atoms with van der Waals surface area (Å²) in [6.45, 7) is 3.07. The van der Waals surface area contributed by atoms with E-state index in [2.05, 4.69) is 17.2 Å². The summed E-state index contributed by atoms with van der Waals surface area (Å²) in [6.07, 6.45) is 3.55. The van der Waals surface area contributed by atoms with Gasteiger partial charge in [0.1, 0.15) is 5.15 Å². The van der Waals surface area contributed by atoms with Crippen LogP contribution in [0.3, 0.4) is 0 Å². The van der Waals surface area contributed by atoms with Gasteiger partial charge in [0.15, 0.2) is 5.82 Å². The first-order chi connectivity index (χ1) is 6.74. The topological polar surface area (TPSA) is 50.9 Å². The number of unbranched alkanes of at least 4 members (excludes halogenated alkanes) is 2. The van der Waals surface area contributed by atoms with Crippen molar-refractivity contribution in [2.45, 2.75) is 26.2 Å². The van der Waals surface area contributed by atoms with Crippen LogP contribution >= 0.6 is 11.6 Å². The molecule has 78 valence electrons. The zero-order valence-electron chi connectivity index (χ0n) is 8.39. The molecule has 3 nitrogen and oxygen atoms in total. The standard InChI is InChI=1S/C10H16ClN3/c1-2-3-4-7-13-10-8(12)5-6-9(11)14-10/h5-6H,2-4,7,12H2,1H3,(H,13,14). The second-order valence-electron chi connectivity index (χ2n) is 3.21. The summed E-state index contributed by atoms with van der Waals surface area (Å²) in [4.78, 5) is 4.10. The Bertz CT molecular complexity index is 289. The lowest BCUT2D eigenvalue weighted by atomic mass is 10.2. The van der Waals surface area contributed by atoms with Crippen LogP contribution in [0.4, 0.5) is 11.5 Å². The molecular formula is C10H16ClN3. The molecule has 0 aliphatic carbocycles. The summed E-state index contributed by atoms with van der Waals surface area (Å²) in [7, 11) is 0. The van der Waals surface area contributed by atoms with E-state index >= 15 is 0 Å². The monoisotopic (exact) mass is 213 g/mol. The number of halogens is 1. The van der Waals surface area contributed by atoms with E-state index < -0.39 is 0 Å². The van der Waals surface area contributed by atoms with E-state index in [-0.39, 0.29) is 0 Å². The maximum Gasteiger partial charge on any atom is 0.150 e. The van der Waals surface area contributed by atoms with Crippen LogP contribution in [0.25, 0.3) is 0 Å². The van der Waals surface area contributed by atoms with Crippen molar-refractivity contribution in [1.29, 1.82) is 0 Å². The third kappa shape index (κ3) is 3.42. The molecule has 1 heterocycles. The minimum Gasteiger partial charge on any atom is -0.396 e. The fraction of sp³-hybridized carbons (Fsp3) is 0.500. The summed E-state index contributed by atoms with van der Waals surface area (Å²) in [5, 5.41) is 3.64. The second kappa shape index (κ2) is 5.70. The second-order valence-corrected chi connectivity index (χ2v) is 3.59. The molecule has 0 radical (unpaired) electrons. The molecule has 0 atom stereocenters. The lowest BCUT2D eigenvalue weighted by molar-refractivity contribution is 0.742. The predicted octanol–water partition coefficient (Wildman–Crippen LogP) is 2.92. The highest BCUT2D eigenvalue weighted by atomic mass is 35.5. The molecule has 0 aliphatic heterocycles. The van der Waals surface area contributed by atoms with E-state index in [0.717, 1.165) is 13.0 Å². The number of pyridine rings is 1. The normalized spacial score (nSPS) is 10.1. The molecule has 14 heavy (non-hydrogen) atoms. The molecular weight excluding hydrogens is 198 g/mol. The van der Waals surface area contributed by atoms with Crippen LogP contribution in [0, 0.1) is 0 Å². The Kier molecular flexibility index (Phi) is 4.53. The van der Waals surface area contributed by atoms with Crippen LogP contribution in [0.5, 0.6) is 0 Å². The number of aromatic nitrogens is 1. The summed E-state index contributed by atoms with van der Waals surface area (Å²) in [6, 6.07) is 3.45. The molecule has 1 aromatic rings. The van der Waals surface area contributed by atoms with Crippen molar-refractivity contribution in [1.82, 2.24) is 4.98 Å². The number of hydrogen-bond acceptors (Lipinski definition) is 3. The first-order valence-corrected chi connectivity index (χ1v) is 5.27. The minimum atomic E-state index is 0.470. The molecule has 4 heteroatoms. The van der Waals surface area contributed by atoms with Crippen molar-refractivity contribution in [2.75, 3.05) is 17.6 Å². The number of nitrogens with one attached hydrogen (secondary N) is 1. The number of hydrogen-bond donors (Lipinski definition) is 2. The minimum absolute atomic E-state index is 0.470. The molecule has 0 amide bonds. The van der Waals surface area contributed by atoms with Gasteiger partial charge in [-0.25, -0.2) is 4.98 Å². The van der Waals surface area contributed by atoms with Gasteiger partial charge in [-0.2, -0.15) is 0 Å². The fourth-order valence-corrected chi connectivity index (χ4v) is 1.32. The third-order valence-electron chi connectivity index (χ3n) is 1.97. The molecule has 0 bridgehead atoms. The highest BCUT2D eigenvalue weighted by molar-refractivity contribution is 6.29. The zero-order valence-corrected chi connectivity index (χ0v) is 9.14. The van der Waals surface area contributed by atoms with Crippen molar-refractivity contribution in [2.24, 2.45) is 0 Å². The van der Waals surface area contributed by atoms with Gasteiger partial charge in [-0.15, -0.1) is 0 Å². The number of anilines is 2. The molecule has 3 N–H and O–H groups in total. The molecule has 0 spiro atoms. The van der Waals surface area contributed by atoms with Crippen molar-refractivity contribution in [3.05, 3.63) is 17.3 Å². The van der Waals surface area contributed by atoms with Gasteiger partial charge in [-0.3, -0.25) is 0 Å². The average molecular weight is 214 g/mol. The van der Waals surface area contributed by atoms with Crippen LogP contribution in [0.1, 0.15) is 26.2 Å². The molecule has 0 unspecified atom stereocenters. The van der Waals surface area contributed by atoms with Gasteiger partial charge in [0.05, 0.1) is 5.69 Å². The van der Waals surface area contributed by atoms with Gasteiger partial charge < -0.3 is 11.1 Å². The lowest BCUT2D eigenvalue weighted by Crippen LogP contribution is -2.06. The van der Waals surface area contributed by atoms with E-state index in [1.54, 1.807) is 12.1 Å². The first kappa shape index (κ1) is 11.1. The molecule has 0 saturated heterocycles. The summed E-state index contributed by atoms with van der Waals surface area (Å²) < 4.78 is 0. The lowest BCUT2D eigenvalue weighted by Gasteiger charge is -2.07. The van der Waals surface area contributed by atoms with Crippen molar-refractivity contribution in [3.8, 4) is 0 Å². The summed E-state index contributed by atoms with van der Waals surface area (Å²) in [5.41, 5.74) is 6.36. The maximum absolute atomic E-state index is 5.75. The molecule has 0 aliphatic rings. The number of nitrogens with two attached hydrogens (primary N) is 1. The van der Waals surface area contributed by atoms with E-state index in [1.165, 1.54) is 12.8 Å². The Morgan fingerprint density at radius 2 is 2.21 bits per heavy atom. The predicted molar refractivity (Wildman–Crippen MR) is 61.7 cm³/mol. The Balaban J connectivity index is 2.45. The van der Waals surface area contributed by atoms with Gasteiger partial charge in [0, 0.05) is 6.54 Å². The maximum atomic E-state index is 5.75. The van der Waals surface area contributed by atoms with Gasteiger partial charge >= 0.3 is 0 Å². The average Bonchev–Trinajstić information content (AvgIpc) is 2.18. The largest absolute Gasteiger partial charge is 0.396 e. The number of rotatable bonds is 5. The highest BCUT2D eigenvalue weighted by Gasteiger charge is 2.00. The Labute approximate surface area is 89.7 Å². The first-order valence-electron chi connectivity index (χ1n) is 4.90. The van der Waals surface area contributed by atoms with Crippen LogP contribution in [0.2, 0.25) is 5.15 Å². The van der Waals surface area contributed by atoms with Gasteiger partial charge in [-0.1, -0.05) is 31.4 Å². The molecule has 1 rings (SSSR count). The van der Waals surface area contributed by atoms with Crippen LogP contribution in [-0.2, 0) is 0 Å². The van der Waals surface area contributed by atoms with E-state index in [9.17, 15) is 0 Å². The summed E-state index contributed by atoms with van der Waals surface area (Å²) in [5.74, 6) is 0.689. The van der Waals surface area contributed by atoms with Crippen molar-refractivity contribution < 1.29 is 0 Å². The SMILES string of the molecule is CCCCCNc1nc(Cl)ccc1N. The third-order valence-corrected chi connectivity index (χ3v) is 2.18. The molecule has 0 fully saturated rings. The van der Waals surface area contributed by atoms with Crippen molar-refractivity contribution in [3.63, 3.8) is 0 Å². The Morgan fingerprint density at radius 1 is 1.43 bits per heavy atom. The van der Waals surface area contributed by atoms with Crippen LogP contribution in [-0.4, -0.2) is 11.5 Å². The fourth-order valence-electron chi connectivity index (χ4n) is 1.17. The Hall–Kier alpha value is -0.960. The van der Waals surface area contributed by atoms with Crippen LogP contribution < -0.4 is 11.1 Å². The van der Waals surface area contributed by atoms with E-state index in [0.29, 0.717) is 16.7 Å². The number of nitrogens with zero attached hydrogens (tertiary/aromatic N) is 1. The van der Waals surface area contributed by atoms with Gasteiger partial charge in [-0.05, 0) is 18.6 Å². The smallest absolute Gasteiger partial charge is 0.150 e. The van der Waals surface area contributed by atoms with Crippen molar-refractivity contribution >= 4 is 23.1 Å². The molecule has 1 aromatic heterocycles. The Morgan fingerprint density at radius 3 is 2.93 bits per heavy atom. The highest BCUT2D eigenvalue weighted by Crippen LogP contribution is 2.18. The summed E-state index contributed by atoms with van der Waals surface area (Å²) >= 11 is 5.75. The zero-order chi connectivity index (χ0) is 10.4. The van der Waals surface area contributed by atoms with E-state index in [1.807, 2.05) is 0 Å². The molecule has 0 aromatic carbocycles. The van der Waals surface area contributed by atoms with E-state index in [4.69, 9.17) is 17.3 Å². The van der Waals surface area contributed by atoms with Crippen LogP contribution in [0.15, 0.2) is 12.1 Å². The number of nitrogen functional groups attached to an aromatic ring is 1. The molecule has 0 saturated carbocycles.